The van der Waals surface area contributed by atoms with E-state index in [1.54, 1.807) is 0 Å². The van der Waals surface area contributed by atoms with Crippen molar-refractivity contribution in [1.29, 1.82) is 0 Å². The summed E-state index contributed by atoms with van der Waals surface area (Å²) in [6.07, 6.45) is 0.900. The number of nitrogen functional groups attached to an aromatic ring is 1. The molecule has 0 aromatic carbocycles. The van der Waals surface area contributed by atoms with Gasteiger partial charge in [0.1, 0.15) is 11.6 Å². The predicted molar refractivity (Wildman–Crippen MR) is 28.1 cm³/mol. The Morgan fingerprint density at radius 1 is 1.67 bits per heavy atom. The van der Waals surface area contributed by atoms with E-state index in [4.69, 9.17) is 5.73 Å². The molecule has 0 saturated heterocycles. The monoisotopic (exact) mass is 127 g/mol. The molecule has 0 aliphatic carbocycles. The summed E-state index contributed by atoms with van der Waals surface area (Å²) in [6, 6.07) is 0.794. The second kappa shape index (κ2) is 1.89. The molecule has 3 nitrogen and oxygen atoms in total. The summed E-state index contributed by atoms with van der Waals surface area (Å²) in [5, 5.41) is 10.4. The fourth-order valence-corrected chi connectivity index (χ4v) is 0.431. The Morgan fingerprint density at radius 2 is 2.33 bits per heavy atom. The van der Waals surface area contributed by atoms with E-state index >= 15 is 0 Å². The van der Waals surface area contributed by atoms with E-state index in [-0.39, 0.29) is 5.82 Å². The van der Waals surface area contributed by atoms with Crippen LogP contribution in [0.2, 0.25) is 0 Å². The van der Waals surface area contributed by atoms with E-state index in [0.717, 1.165) is 12.3 Å². The van der Waals surface area contributed by atoms with Crippen molar-refractivity contribution in [1.82, 2.24) is 4.98 Å². The molecule has 0 radical (unpaired) electrons. The smallest absolute Gasteiger partial charge is 0.141 e. The second-order valence-corrected chi connectivity index (χ2v) is 1.54. The zero-order chi connectivity index (χ0) is 6.85. The number of halogens is 1. The van der Waals surface area contributed by atoms with Crippen molar-refractivity contribution in [2.45, 2.75) is 0 Å². The summed E-state index contributed by atoms with van der Waals surface area (Å²) in [5.41, 5.74) is 5.00. The largest absolute Gasteiger partial charge is 0.870 e. The van der Waals surface area contributed by atoms with Crippen LogP contribution < -0.4 is 10.8 Å². The number of rotatable bonds is 0. The third kappa shape index (κ3) is 1.07. The van der Waals surface area contributed by atoms with Crippen molar-refractivity contribution in [2.75, 3.05) is 5.73 Å². The van der Waals surface area contributed by atoms with E-state index in [1.165, 1.54) is 0 Å². The van der Waals surface area contributed by atoms with Crippen LogP contribution in [0.3, 0.4) is 0 Å². The fraction of sp³-hybridized carbons (Fsp3) is 0. The van der Waals surface area contributed by atoms with Gasteiger partial charge in [-0.3, -0.25) is 0 Å². The molecule has 9 heavy (non-hydrogen) atoms. The Kier molecular flexibility index (Phi) is 1.22. The van der Waals surface area contributed by atoms with Gasteiger partial charge in [-0.25, -0.2) is 9.37 Å². The molecule has 0 unspecified atom stereocenters. The first-order chi connectivity index (χ1) is 4.20. The third-order valence-electron chi connectivity index (χ3n) is 0.848. The first-order valence-corrected chi connectivity index (χ1v) is 2.28. The van der Waals surface area contributed by atoms with E-state index in [2.05, 4.69) is 4.98 Å². The van der Waals surface area contributed by atoms with E-state index < -0.39 is 11.6 Å². The van der Waals surface area contributed by atoms with Crippen LogP contribution in [-0.2, 0) is 0 Å². The highest BCUT2D eigenvalue weighted by molar-refractivity contribution is 5.42. The normalized spacial score (nSPS) is 9.44. The number of hydrogen-bond donors (Lipinski definition) is 1. The lowest BCUT2D eigenvalue weighted by Gasteiger charge is -2.05. The maximum absolute atomic E-state index is 12.0. The Morgan fingerprint density at radius 3 is 2.78 bits per heavy atom. The lowest BCUT2D eigenvalue weighted by molar-refractivity contribution is -0.267. The van der Waals surface area contributed by atoms with Gasteiger partial charge >= 0.3 is 0 Å². The summed E-state index contributed by atoms with van der Waals surface area (Å²) in [6.45, 7) is 0. The zero-order valence-corrected chi connectivity index (χ0v) is 4.47. The highest BCUT2D eigenvalue weighted by Crippen LogP contribution is 2.12. The molecular weight excluding hydrogens is 123 g/mol. The van der Waals surface area contributed by atoms with Crippen LogP contribution in [0.25, 0.3) is 0 Å². The summed E-state index contributed by atoms with van der Waals surface area (Å²) in [7, 11) is 0. The molecule has 1 aromatic rings. The summed E-state index contributed by atoms with van der Waals surface area (Å²) >= 11 is 0. The van der Waals surface area contributed by atoms with Gasteiger partial charge in [0, 0.05) is 0 Å². The molecular formula is C5H4FN2O-. The maximum atomic E-state index is 12.0. The highest BCUT2D eigenvalue weighted by Gasteiger charge is 1.89. The van der Waals surface area contributed by atoms with Crippen LogP contribution in [0.5, 0.6) is 5.75 Å². The Hall–Kier alpha value is -1.32. The fourth-order valence-electron chi connectivity index (χ4n) is 0.431. The number of aromatic nitrogens is 1. The molecule has 1 heterocycles. The molecule has 0 spiro atoms. The van der Waals surface area contributed by atoms with Crippen molar-refractivity contribution in [3.63, 3.8) is 0 Å². The van der Waals surface area contributed by atoms with Crippen molar-refractivity contribution >= 4 is 5.82 Å². The van der Waals surface area contributed by atoms with Crippen LogP contribution in [-0.4, -0.2) is 4.98 Å². The van der Waals surface area contributed by atoms with E-state index in [0.29, 0.717) is 0 Å². The molecule has 0 fully saturated rings. The molecule has 0 aliphatic heterocycles. The predicted octanol–water partition coefficient (Wildman–Crippen LogP) is -0.124. The molecule has 0 saturated carbocycles. The number of anilines is 1. The van der Waals surface area contributed by atoms with Crippen molar-refractivity contribution in [2.24, 2.45) is 0 Å². The van der Waals surface area contributed by atoms with Gasteiger partial charge in [-0.2, -0.15) is 0 Å². The van der Waals surface area contributed by atoms with Crippen LogP contribution in [0.1, 0.15) is 0 Å². The Labute approximate surface area is 51.0 Å². The summed E-state index contributed by atoms with van der Waals surface area (Å²) < 4.78 is 12.0. The quantitative estimate of drug-likeness (QED) is 0.528. The van der Waals surface area contributed by atoms with Gasteiger partial charge < -0.3 is 10.8 Å². The topological polar surface area (TPSA) is 62.0 Å². The first-order valence-electron chi connectivity index (χ1n) is 2.28. The SMILES string of the molecule is Nc1ncc(F)cc1[O-]. The Balaban J connectivity index is 3.17. The van der Waals surface area contributed by atoms with Crippen LogP contribution in [0.15, 0.2) is 12.3 Å². The summed E-state index contributed by atoms with van der Waals surface area (Å²) in [5.74, 6) is -1.40. The van der Waals surface area contributed by atoms with Gasteiger partial charge in [-0.1, -0.05) is 5.75 Å². The van der Waals surface area contributed by atoms with Crippen LogP contribution in [0, 0.1) is 5.82 Å². The van der Waals surface area contributed by atoms with Crippen LogP contribution >= 0.6 is 0 Å². The lowest BCUT2D eigenvalue weighted by Crippen LogP contribution is -1.99. The van der Waals surface area contributed by atoms with Crippen molar-refractivity contribution in [3.8, 4) is 5.75 Å². The van der Waals surface area contributed by atoms with Crippen LogP contribution in [0.4, 0.5) is 10.2 Å². The van der Waals surface area contributed by atoms with Gasteiger partial charge in [0.15, 0.2) is 0 Å². The standard InChI is InChI=1S/C5H5FN2O/c6-3-1-4(9)5(7)8-2-3/h1-2,9H,(H2,7,8)/p-1. The Bertz CT molecular complexity index is 226. The molecule has 1 rings (SSSR count). The molecule has 0 amide bonds. The van der Waals surface area contributed by atoms with Crippen molar-refractivity contribution in [3.05, 3.63) is 18.1 Å². The molecule has 0 bridgehead atoms. The minimum absolute atomic E-state index is 0.170. The number of nitrogens with zero attached hydrogens (tertiary/aromatic N) is 1. The lowest BCUT2D eigenvalue weighted by atomic mass is 10.4. The zero-order valence-electron chi connectivity index (χ0n) is 4.47. The molecule has 0 atom stereocenters. The highest BCUT2D eigenvalue weighted by atomic mass is 19.1. The van der Waals surface area contributed by atoms with E-state index in [1.807, 2.05) is 0 Å². The number of nitrogens with two attached hydrogens (primary N) is 1. The van der Waals surface area contributed by atoms with Gasteiger partial charge in [-0.15, -0.1) is 0 Å². The van der Waals surface area contributed by atoms with Crippen molar-refractivity contribution < 1.29 is 9.50 Å². The molecule has 48 valence electrons. The van der Waals surface area contributed by atoms with Gasteiger partial charge in [-0.05, 0) is 6.07 Å². The maximum Gasteiger partial charge on any atom is 0.141 e. The molecule has 4 heteroatoms. The number of hydrogen-bond acceptors (Lipinski definition) is 3. The molecule has 1 aromatic heterocycles. The first kappa shape index (κ1) is 5.81. The van der Waals surface area contributed by atoms with E-state index in [9.17, 15) is 9.50 Å². The van der Waals surface area contributed by atoms with Gasteiger partial charge in [0.2, 0.25) is 0 Å². The molecule has 0 aliphatic rings. The average molecular weight is 127 g/mol. The van der Waals surface area contributed by atoms with Gasteiger partial charge in [0.05, 0.1) is 6.20 Å². The minimum Gasteiger partial charge on any atom is -0.870 e. The third-order valence-corrected chi connectivity index (χ3v) is 0.848. The summed E-state index contributed by atoms with van der Waals surface area (Å²) in [4.78, 5) is 3.27. The molecule has 2 N–H and O–H groups in total. The van der Waals surface area contributed by atoms with Gasteiger partial charge in [0.25, 0.3) is 0 Å². The number of pyridine rings is 1. The second-order valence-electron chi connectivity index (χ2n) is 1.54. The average Bonchev–Trinajstić information content (AvgIpc) is 1.80. The minimum atomic E-state index is -0.658.